The number of carbonyl (C=O) groups excluding carboxylic acids is 1. The fourth-order valence-electron chi connectivity index (χ4n) is 2.94. The third-order valence-electron chi connectivity index (χ3n) is 4.39. The molecule has 1 saturated heterocycles. The molecule has 138 valence electrons. The number of amides is 1. The second-order valence-electron chi connectivity index (χ2n) is 6.09. The van der Waals surface area contributed by atoms with E-state index in [2.05, 4.69) is 9.97 Å². The molecule has 1 aliphatic heterocycles. The van der Waals surface area contributed by atoms with Gasteiger partial charge in [-0.05, 0) is 24.1 Å². The normalized spacial score (nSPS) is 16.4. The van der Waals surface area contributed by atoms with Crippen molar-refractivity contribution < 1.29 is 19.0 Å². The second-order valence-corrected chi connectivity index (χ2v) is 6.09. The number of carbonyl (C=O) groups is 1. The van der Waals surface area contributed by atoms with E-state index in [1.807, 2.05) is 29.2 Å². The Labute approximate surface area is 152 Å². The molecule has 1 unspecified atom stereocenters. The number of aromatic nitrogens is 2. The molecule has 1 aliphatic rings. The van der Waals surface area contributed by atoms with E-state index in [4.69, 9.17) is 14.2 Å². The molecule has 7 heteroatoms. The number of rotatable bonds is 7. The van der Waals surface area contributed by atoms with Gasteiger partial charge >= 0.3 is 0 Å². The number of nitrogens with zero attached hydrogens (tertiary/aromatic N) is 3. The van der Waals surface area contributed by atoms with Gasteiger partial charge in [0.15, 0.2) is 0 Å². The number of hydrogen-bond acceptors (Lipinski definition) is 6. The molecule has 0 aliphatic carbocycles. The monoisotopic (exact) mass is 357 g/mol. The molecule has 2 aromatic rings. The summed E-state index contributed by atoms with van der Waals surface area (Å²) in [7, 11) is 3.17. The molecule has 0 N–H and O–H groups in total. The van der Waals surface area contributed by atoms with E-state index in [1.54, 1.807) is 19.5 Å². The van der Waals surface area contributed by atoms with Crippen LogP contribution in [0.15, 0.2) is 36.7 Å². The van der Waals surface area contributed by atoms with E-state index in [-0.39, 0.29) is 12.0 Å². The quantitative estimate of drug-likeness (QED) is 0.756. The SMILES string of the molecule is COc1ccc(CCC(=O)N2CCC(Oc3nccnc3OC)C2)cc1. The van der Waals surface area contributed by atoms with Gasteiger partial charge in [-0.2, -0.15) is 0 Å². The Bertz CT molecular complexity index is 736. The van der Waals surface area contributed by atoms with Crippen LogP contribution in [-0.2, 0) is 11.2 Å². The summed E-state index contributed by atoms with van der Waals surface area (Å²) < 4.78 is 16.2. The Hall–Kier alpha value is -2.83. The van der Waals surface area contributed by atoms with Gasteiger partial charge in [-0.3, -0.25) is 4.79 Å². The van der Waals surface area contributed by atoms with Crippen LogP contribution in [0.5, 0.6) is 17.5 Å². The zero-order valence-corrected chi connectivity index (χ0v) is 15.1. The molecule has 0 spiro atoms. The topological polar surface area (TPSA) is 73.8 Å². The van der Waals surface area contributed by atoms with Crippen molar-refractivity contribution in [2.24, 2.45) is 0 Å². The van der Waals surface area contributed by atoms with Crippen molar-refractivity contribution in [2.75, 3.05) is 27.3 Å². The fraction of sp³-hybridized carbons (Fsp3) is 0.421. The van der Waals surface area contributed by atoms with Gasteiger partial charge in [0, 0.05) is 31.8 Å². The molecule has 0 bridgehead atoms. The summed E-state index contributed by atoms with van der Waals surface area (Å²) in [6.45, 7) is 1.25. The van der Waals surface area contributed by atoms with Gasteiger partial charge in [0.2, 0.25) is 5.91 Å². The summed E-state index contributed by atoms with van der Waals surface area (Å²) in [5.74, 6) is 1.68. The van der Waals surface area contributed by atoms with Crippen molar-refractivity contribution in [3.8, 4) is 17.5 Å². The smallest absolute Gasteiger partial charge is 0.278 e. The van der Waals surface area contributed by atoms with E-state index >= 15 is 0 Å². The first kappa shape index (κ1) is 18.0. The lowest BCUT2D eigenvalue weighted by atomic mass is 10.1. The van der Waals surface area contributed by atoms with Gasteiger partial charge in [0.25, 0.3) is 11.8 Å². The highest BCUT2D eigenvalue weighted by Gasteiger charge is 2.28. The van der Waals surface area contributed by atoms with Gasteiger partial charge in [-0.25, -0.2) is 9.97 Å². The average Bonchev–Trinajstić information content (AvgIpc) is 3.15. The van der Waals surface area contributed by atoms with Crippen molar-refractivity contribution in [1.29, 1.82) is 0 Å². The highest BCUT2D eigenvalue weighted by molar-refractivity contribution is 5.76. The summed E-state index contributed by atoms with van der Waals surface area (Å²) in [4.78, 5) is 22.5. The molecule has 1 aromatic heterocycles. The zero-order chi connectivity index (χ0) is 18.4. The Morgan fingerprint density at radius 2 is 1.85 bits per heavy atom. The van der Waals surface area contributed by atoms with E-state index in [0.717, 1.165) is 17.7 Å². The largest absolute Gasteiger partial charge is 0.497 e. The Balaban J connectivity index is 1.49. The van der Waals surface area contributed by atoms with E-state index in [1.165, 1.54) is 7.11 Å². The van der Waals surface area contributed by atoms with Crippen molar-refractivity contribution >= 4 is 5.91 Å². The van der Waals surface area contributed by atoms with Crippen LogP contribution in [0.2, 0.25) is 0 Å². The number of likely N-dealkylation sites (tertiary alicyclic amines) is 1. The molecule has 1 fully saturated rings. The molecule has 26 heavy (non-hydrogen) atoms. The highest BCUT2D eigenvalue weighted by Crippen LogP contribution is 2.24. The van der Waals surface area contributed by atoms with Crippen LogP contribution in [-0.4, -0.2) is 54.2 Å². The lowest BCUT2D eigenvalue weighted by Crippen LogP contribution is -2.31. The summed E-state index contributed by atoms with van der Waals surface area (Å²) in [5, 5.41) is 0. The first-order valence-electron chi connectivity index (χ1n) is 8.62. The molecule has 2 heterocycles. The third-order valence-corrected chi connectivity index (χ3v) is 4.39. The Kier molecular flexibility index (Phi) is 5.88. The molecule has 3 rings (SSSR count). The Morgan fingerprint density at radius 3 is 2.54 bits per heavy atom. The summed E-state index contributed by atoms with van der Waals surface area (Å²) >= 11 is 0. The molecule has 1 amide bonds. The van der Waals surface area contributed by atoms with E-state index < -0.39 is 0 Å². The summed E-state index contributed by atoms with van der Waals surface area (Å²) in [5.41, 5.74) is 1.12. The maximum atomic E-state index is 12.5. The summed E-state index contributed by atoms with van der Waals surface area (Å²) in [6, 6.07) is 7.80. The number of hydrogen-bond donors (Lipinski definition) is 0. The van der Waals surface area contributed by atoms with E-state index in [9.17, 15) is 4.79 Å². The van der Waals surface area contributed by atoms with Crippen molar-refractivity contribution in [3.05, 3.63) is 42.2 Å². The molecular formula is C19H23N3O4. The van der Waals surface area contributed by atoms with Gasteiger partial charge in [-0.1, -0.05) is 12.1 Å². The third kappa shape index (κ3) is 4.41. The van der Waals surface area contributed by atoms with Crippen LogP contribution in [0.1, 0.15) is 18.4 Å². The second kappa shape index (κ2) is 8.51. The van der Waals surface area contributed by atoms with Crippen LogP contribution < -0.4 is 14.2 Å². The minimum Gasteiger partial charge on any atom is -0.497 e. The lowest BCUT2D eigenvalue weighted by molar-refractivity contribution is -0.130. The van der Waals surface area contributed by atoms with Crippen molar-refractivity contribution in [3.63, 3.8) is 0 Å². The van der Waals surface area contributed by atoms with Crippen LogP contribution in [0, 0.1) is 0 Å². The molecule has 1 aromatic carbocycles. The maximum absolute atomic E-state index is 12.5. The van der Waals surface area contributed by atoms with Gasteiger partial charge < -0.3 is 19.1 Å². The Morgan fingerprint density at radius 1 is 1.12 bits per heavy atom. The van der Waals surface area contributed by atoms with Crippen LogP contribution in [0.25, 0.3) is 0 Å². The minimum absolute atomic E-state index is 0.0921. The maximum Gasteiger partial charge on any atom is 0.278 e. The predicted octanol–water partition coefficient (Wildman–Crippen LogP) is 2.11. The lowest BCUT2D eigenvalue weighted by Gasteiger charge is -2.17. The first-order valence-corrected chi connectivity index (χ1v) is 8.62. The number of methoxy groups -OCH3 is 2. The predicted molar refractivity (Wildman–Crippen MR) is 95.5 cm³/mol. The first-order chi connectivity index (χ1) is 12.7. The average molecular weight is 357 g/mol. The number of ether oxygens (including phenoxy) is 3. The van der Waals surface area contributed by atoms with Gasteiger partial charge in [0.05, 0.1) is 20.8 Å². The van der Waals surface area contributed by atoms with Gasteiger partial charge in [-0.15, -0.1) is 0 Å². The van der Waals surface area contributed by atoms with Crippen molar-refractivity contribution in [2.45, 2.75) is 25.4 Å². The zero-order valence-electron chi connectivity index (χ0n) is 15.1. The molecule has 1 atom stereocenters. The molecule has 0 saturated carbocycles. The number of benzene rings is 1. The highest BCUT2D eigenvalue weighted by atomic mass is 16.5. The van der Waals surface area contributed by atoms with E-state index in [0.29, 0.717) is 37.7 Å². The van der Waals surface area contributed by atoms with Crippen LogP contribution >= 0.6 is 0 Å². The fourth-order valence-corrected chi connectivity index (χ4v) is 2.94. The molecule has 7 nitrogen and oxygen atoms in total. The minimum atomic E-state index is -0.0921. The van der Waals surface area contributed by atoms with Crippen LogP contribution in [0.3, 0.4) is 0 Å². The summed E-state index contributed by atoms with van der Waals surface area (Å²) in [6.07, 6.45) is 4.98. The van der Waals surface area contributed by atoms with Gasteiger partial charge in [0.1, 0.15) is 11.9 Å². The number of aryl methyl sites for hydroxylation is 1. The molecule has 0 radical (unpaired) electrons. The molecular weight excluding hydrogens is 334 g/mol. The van der Waals surface area contributed by atoms with Crippen molar-refractivity contribution in [1.82, 2.24) is 14.9 Å². The standard InChI is InChI=1S/C19H23N3O4/c1-24-15-6-3-14(4-7-15)5-8-17(23)22-12-9-16(13-22)26-19-18(25-2)20-10-11-21-19/h3-4,6-7,10-11,16H,5,8-9,12-13H2,1-2H3. The van der Waals surface area contributed by atoms with Crippen LogP contribution in [0.4, 0.5) is 0 Å².